The third kappa shape index (κ3) is 2.70. The summed E-state index contributed by atoms with van der Waals surface area (Å²) in [6.45, 7) is 1.79. The van der Waals surface area contributed by atoms with Crippen LogP contribution in [0.25, 0.3) is 0 Å². The third-order valence-electron chi connectivity index (χ3n) is 1.69. The van der Waals surface area contributed by atoms with Gasteiger partial charge in [0, 0.05) is 5.92 Å². The first kappa shape index (κ1) is 12.0. The van der Waals surface area contributed by atoms with Crippen molar-refractivity contribution in [2.24, 2.45) is 0 Å². The van der Waals surface area contributed by atoms with Crippen LogP contribution in [0.5, 0.6) is 0 Å². The molecular weight excluding hydrogens is 216 g/mol. The molecule has 0 aliphatic rings. The summed E-state index contributed by atoms with van der Waals surface area (Å²) in [5, 5.41) is 0. The smallest absolute Gasteiger partial charge is 0.384 e. The molecule has 1 rings (SSSR count). The maximum absolute atomic E-state index is 13.2. The second kappa shape index (κ2) is 5.12. The number of carbonyl (C=O) groups excluding carboxylic acids is 1. The average molecular weight is 225 g/mol. The van der Waals surface area contributed by atoms with E-state index in [1.54, 1.807) is 6.92 Å². The first-order chi connectivity index (χ1) is 7.56. The van der Waals surface area contributed by atoms with E-state index < -0.39 is 17.6 Å². The molecule has 0 bridgehead atoms. The summed E-state index contributed by atoms with van der Waals surface area (Å²) in [4.78, 5) is 10.8. The van der Waals surface area contributed by atoms with Gasteiger partial charge in [-0.15, -0.1) is 0 Å². The zero-order valence-corrected chi connectivity index (χ0v) is 8.51. The zero-order chi connectivity index (χ0) is 12.1. The summed E-state index contributed by atoms with van der Waals surface area (Å²) in [6, 6.07) is 2.37. The van der Waals surface area contributed by atoms with E-state index in [0.29, 0.717) is 0 Å². The number of halogens is 2. The van der Waals surface area contributed by atoms with Gasteiger partial charge >= 0.3 is 5.97 Å². The van der Waals surface area contributed by atoms with Crippen LogP contribution in [-0.4, -0.2) is 12.6 Å². The minimum atomic E-state index is -1.17. The van der Waals surface area contributed by atoms with Crippen molar-refractivity contribution >= 4 is 11.7 Å². The van der Waals surface area contributed by atoms with Gasteiger partial charge in [0.05, 0.1) is 17.9 Å². The number of benzene rings is 1. The molecule has 0 aliphatic heterocycles. The average Bonchev–Trinajstić information content (AvgIpc) is 2.25. The van der Waals surface area contributed by atoms with Gasteiger partial charge in [-0.1, -0.05) is 5.92 Å². The Labute approximate surface area is 91.2 Å². The van der Waals surface area contributed by atoms with Crippen molar-refractivity contribution < 1.29 is 18.3 Å². The van der Waals surface area contributed by atoms with E-state index in [2.05, 4.69) is 10.7 Å². The fraction of sp³-hybridized carbons (Fsp3) is 0.182. The Hall–Kier alpha value is -2.09. The number of nitrogen functional groups attached to an aromatic ring is 1. The fourth-order valence-corrected chi connectivity index (χ4v) is 0.946. The molecule has 1 aromatic carbocycles. The topological polar surface area (TPSA) is 52.3 Å². The van der Waals surface area contributed by atoms with E-state index in [1.807, 2.05) is 5.92 Å². The number of hydrogen-bond donors (Lipinski definition) is 1. The lowest BCUT2D eigenvalue weighted by Gasteiger charge is -1.99. The normalized spacial score (nSPS) is 9.19. The van der Waals surface area contributed by atoms with Crippen LogP contribution in [0.3, 0.4) is 0 Å². The molecule has 0 saturated heterocycles. The molecule has 0 spiro atoms. The molecule has 3 nitrogen and oxygen atoms in total. The molecule has 84 valence electrons. The maximum Gasteiger partial charge on any atom is 0.384 e. The van der Waals surface area contributed by atoms with Crippen LogP contribution in [0.1, 0.15) is 12.5 Å². The monoisotopic (exact) mass is 225 g/mol. The van der Waals surface area contributed by atoms with E-state index in [0.717, 1.165) is 0 Å². The molecule has 5 heteroatoms. The van der Waals surface area contributed by atoms with E-state index in [-0.39, 0.29) is 17.9 Å². The first-order valence-corrected chi connectivity index (χ1v) is 4.48. The Morgan fingerprint density at radius 2 is 2.12 bits per heavy atom. The summed E-state index contributed by atoms with van der Waals surface area (Å²) in [6.07, 6.45) is 0. The summed E-state index contributed by atoms with van der Waals surface area (Å²) in [5.41, 5.74) is 4.60. The molecule has 1 aromatic rings. The van der Waals surface area contributed by atoms with Crippen molar-refractivity contribution in [2.45, 2.75) is 6.92 Å². The van der Waals surface area contributed by atoms with E-state index >= 15 is 0 Å². The standard InChI is InChI=1S/C11H9F2NO2/c1-2-16-9(15)6-4-7-3-5-8(14)11(13)10(7)12/h3,5H,2,14H2,1H3. The maximum atomic E-state index is 13.2. The second-order valence-corrected chi connectivity index (χ2v) is 2.80. The SMILES string of the molecule is CCOC(=O)C#Cc1ccc(N)c(F)c1F. The predicted octanol–water partition coefficient (Wildman–Crippen LogP) is 1.46. The van der Waals surface area contributed by atoms with Gasteiger partial charge in [0.1, 0.15) is 0 Å². The van der Waals surface area contributed by atoms with E-state index in [4.69, 9.17) is 5.73 Å². The largest absolute Gasteiger partial charge is 0.456 e. The van der Waals surface area contributed by atoms with Crippen LogP contribution in [0.2, 0.25) is 0 Å². The van der Waals surface area contributed by atoms with Gasteiger partial charge in [0.2, 0.25) is 0 Å². The predicted molar refractivity (Wildman–Crippen MR) is 54.3 cm³/mol. The lowest BCUT2D eigenvalue weighted by molar-refractivity contribution is -0.136. The van der Waals surface area contributed by atoms with E-state index in [9.17, 15) is 13.6 Å². The van der Waals surface area contributed by atoms with Gasteiger partial charge in [-0.2, -0.15) is 0 Å². The Balaban J connectivity index is 2.98. The number of carbonyl (C=O) groups is 1. The summed E-state index contributed by atoms with van der Waals surface area (Å²) in [5.74, 6) is 1.07. The van der Waals surface area contributed by atoms with Crippen molar-refractivity contribution in [2.75, 3.05) is 12.3 Å². The van der Waals surface area contributed by atoms with Crippen LogP contribution < -0.4 is 5.73 Å². The van der Waals surface area contributed by atoms with Gasteiger partial charge < -0.3 is 10.5 Å². The Kier molecular flexibility index (Phi) is 3.84. The molecule has 2 N–H and O–H groups in total. The number of rotatable bonds is 1. The highest BCUT2D eigenvalue weighted by molar-refractivity contribution is 5.89. The molecule has 0 amide bonds. The van der Waals surface area contributed by atoms with Crippen molar-refractivity contribution in [3.63, 3.8) is 0 Å². The molecule has 0 heterocycles. The van der Waals surface area contributed by atoms with Crippen molar-refractivity contribution in [1.82, 2.24) is 0 Å². The van der Waals surface area contributed by atoms with Crippen LogP contribution >= 0.6 is 0 Å². The van der Waals surface area contributed by atoms with Gasteiger partial charge in [-0.3, -0.25) is 0 Å². The molecule has 0 radical (unpaired) electrons. The molecule has 0 unspecified atom stereocenters. The highest BCUT2D eigenvalue weighted by atomic mass is 19.2. The van der Waals surface area contributed by atoms with Gasteiger partial charge in [0.25, 0.3) is 0 Å². The number of esters is 1. The molecule has 0 saturated carbocycles. The minimum Gasteiger partial charge on any atom is -0.456 e. The highest BCUT2D eigenvalue weighted by Crippen LogP contribution is 2.16. The lowest BCUT2D eigenvalue weighted by Crippen LogP contribution is -2.01. The number of hydrogen-bond acceptors (Lipinski definition) is 3. The summed E-state index contributed by atoms with van der Waals surface area (Å²) < 4.78 is 30.7. The van der Waals surface area contributed by atoms with Crippen LogP contribution in [0.15, 0.2) is 12.1 Å². The Morgan fingerprint density at radius 1 is 1.44 bits per heavy atom. The second-order valence-electron chi connectivity index (χ2n) is 2.80. The van der Waals surface area contributed by atoms with E-state index in [1.165, 1.54) is 12.1 Å². The summed E-state index contributed by atoms with van der Waals surface area (Å²) >= 11 is 0. The minimum absolute atomic E-state index is 0.173. The molecule has 0 aromatic heterocycles. The molecule has 0 atom stereocenters. The molecular formula is C11H9F2NO2. The van der Waals surface area contributed by atoms with Crippen molar-refractivity contribution in [3.05, 3.63) is 29.3 Å². The van der Waals surface area contributed by atoms with Crippen LogP contribution in [0, 0.1) is 23.5 Å². The Morgan fingerprint density at radius 3 is 2.75 bits per heavy atom. The molecule has 0 fully saturated rings. The quantitative estimate of drug-likeness (QED) is 0.447. The zero-order valence-electron chi connectivity index (χ0n) is 8.51. The lowest BCUT2D eigenvalue weighted by atomic mass is 10.2. The van der Waals surface area contributed by atoms with Crippen molar-refractivity contribution in [1.29, 1.82) is 0 Å². The Bertz CT molecular complexity index is 475. The first-order valence-electron chi connectivity index (χ1n) is 4.48. The summed E-state index contributed by atoms with van der Waals surface area (Å²) in [7, 11) is 0. The fourth-order valence-electron chi connectivity index (χ4n) is 0.946. The van der Waals surface area contributed by atoms with Crippen LogP contribution in [-0.2, 0) is 9.53 Å². The van der Waals surface area contributed by atoms with Crippen molar-refractivity contribution in [3.8, 4) is 11.8 Å². The van der Waals surface area contributed by atoms with Gasteiger partial charge in [-0.25, -0.2) is 13.6 Å². The van der Waals surface area contributed by atoms with Gasteiger partial charge in [-0.05, 0) is 19.1 Å². The number of ether oxygens (including phenoxy) is 1. The molecule has 16 heavy (non-hydrogen) atoms. The van der Waals surface area contributed by atoms with Crippen LogP contribution in [0.4, 0.5) is 14.5 Å². The number of nitrogens with two attached hydrogens (primary N) is 1. The highest BCUT2D eigenvalue weighted by Gasteiger charge is 2.09. The third-order valence-corrected chi connectivity index (χ3v) is 1.69. The van der Waals surface area contributed by atoms with Gasteiger partial charge in [0.15, 0.2) is 11.6 Å². The molecule has 0 aliphatic carbocycles. The number of anilines is 1.